The van der Waals surface area contributed by atoms with Crippen LogP contribution >= 0.6 is 0 Å². The lowest BCUT2D eigenvalue weighted by Gasteiger charge is -2.38. The first kappa shape index (κ1) is 28.4. The van der Waals surface area contributed by atoms with E-state index in [2.05, 4.69) is 40.5 Å². The van der Waals surface area contributed by atoms with Gasteiger partial charge >= 0.3 is 0 Å². The van der Waals surface area contributed by atoms with Gasteiger partial charge < -0.3 is 14.5 Å². The van der Waals surface area contributed by atoms with E-state index >= 15 is 0 Å². The third-order valence-corrected chi connectivity index (χ3v) is 10.2. The van der Waals surface area contributed by atoms with Gasteiger partial charge in [-0.05, 0) is 88.5 Å². The molecule has 224 valence electrons. The molecule has 2 bridgehead atoms. The standard InChI is InChI=1S/C30H39N7O4S/c1-29(2)14-12-21-7-6-18-35(4)23-8-5-9-26(31-23)42(39,40)34-28(38)22-10-11-24(32-27(22)37(21)29)36-19-13-25(33-36)41-20-17-30(3)15-16-30/h5,8-11,13,19,21H,6-7,12,14-18,20H2,1-4H3,(H,34,38)/t21-/m1/s1. The van der Waals surface area contributed by atoms with Crippen LogP contribution in [-0.2, 0) is 10.0 Å². The third-order valence-electron chi connectivity index (χ3n) is 8.93. The van der Waals surface area contributed by atoms with Crippen molar-refractivity contribution in [1.82, 2.24) is 24.5 Å². The maximum Gasteiger partial charge on any atom is 0.281 e. The quantitative estimate of drug-likeness (QED) is 0.461. The molecule has 1 aliphatic carbocycles. The number of aromatic nitrogens is 4. The van der Waals surface area contributed by atoms with E-state index in [0.29, 0.717) is 41.9 Å². The Bertz CT molecular complexity index is 1600. The Labute approximate surface area is 247 Å². The minimum atomic E-state index is -4.23. The van der Waals surface area contributed by atoms with Gasteiger partial charge in [0, 0.05) is 37.4 Å². The normalized spacial score (nSPS) is 22.5. The smallest absolute Gasteiger partial charge is 0.281 e. The topological polar surface area (TPSA) is 123 Å². The lowest BCUT2D eigenvalue weighted by molar-refractivity contribution is 0.0981. The molecule has 1 saturated heterocycles. The molecule has 3 aliphatic rings. The molecule has 3 aromatic rings. The Kier molecular flexibility index (Phi) is 7.15. The summed E-state index contributed by atoms with van der Waals surface area (Å²) in [5.74, 6) is 1.27. The molecular weight excluding hydrogens is 554 g/mol. The molecule has 1 saturated carbocycles. The summed E-state index contributed by atoms with van der Waals surface area (Å²) in [5.41, 5.74) is 0.291. The van der Waals surface area contributed by atoms with E-state index in [0.717, 1.165) is 32.1 Å². The predicted molar refractivity (Wildman–Crippen MR) is 160 cm³/mol. The first-order chi connectivity index (χ1) is 19.9. The van der Waals surface area contributed by atoms with E-state index in [4.69, 9.17) is 9.72 Å². The van der Waals surface area contributed by atoms with Crippen LogP contribution in [-0.4, -0.2) is 65.9 Å². The number of carbonyl (C=O) groups excluding carboxylic acids is 1. The summed E-state index contributed by atoms with van der Waals surface area (Å²) in [6.07, 6.45) is 8.88. The van der Waals surface area contributed by atoms with Gasteiger partial charge in [0.2, 0.25) is 5.88 Å². The number of hydrogen-bond acceptors (Lipinski definition) is 9. The van der Waals surface area contributed by atoms with Crippen molar-refractivity contribution in [1.29, 1.82) is 0 Å². The van der Waals surface area contributed by atoms with Crippen LogP contribution in [0, 0.1) is 5.41 Å². The van der Waals surface area contributed by atoms with Crippen LogP contribution in [0.1, 0.15) is 76.1 Å². The molecule has 0 aromatic carbocycles. The predicted octanol–water partition coefficient (Wildman–Crippen LogP) is 4.33. The van der Waals surface area contributed by atoms with Gasteiger partial charge in [-0.2, -0.15) is 8.42 Å². The molecule has 0 unspecified atom stereocenters. The molecule has 5 heterocycles. The summed E-state index contributed by atoms with van der Waals surface area (Å²) in [6, 6.07) is 10.1. The molecule has 6 rings (SSSR count). The molecule has 11 nitrogen and oxygen atoms in total. The molecule has 2 fully saturated rings. The number of rotatable bonds is 5. The molecular formula is C30H39N7O4S. The van der Waals surface area contributed by atoms with Gasteiger partial charge in [-0.1, -0.05) is 13.0 Å². The van der Waals surface area contributed by atoms with E-state index in [1.165, 1.54) is 18.9 Å². The number of fused-ring (bicyclic) bond motifs is 5. The van der Waals surface area contributed by atoms with Crippen molar-refractivity contribution < 1.29 is 17.9 Å². The van der Waals surface area contributed by atoms with Crippen molar-refractivity contribution in [2.45, 2.75) is 82.3 Å². The second kappa shape index (κ2) is 10.6. The number of pyridine rings is 2. The number of sulfonamides is 1. The Morgan fingerprint density at radius 1 is 1.02 bits per heavy atom. The maximum absolute atomic E-state index is 13.7. The van der Waals surface area contributed by atoms with Gasteiger partial charge in [0.25, 0.3) is 15.9 Å². The number of nitrogens with zero attached hydrogens (tertiary/aromatic N) is 6. The van der Waals surface area contributed by atoms with Gasteiger partial charge in [-0.25, -0.2) is 19.4 Å². The van der Waals surface area contributed by atoms with E-state index in [1.54, 1.807) is 35.1 Å². The monoisotopic (exact) mass is 593 g/mol. The molecule has 12 heteroatoms. The van der Waals surface area contributed by atoms with Gasteiger partial charge in [-0.15, -0.1) is 5.10 Å². The minimum absolute atomic E-state index is 0.127. The average molecular weight is 594 g/mol. The molecule has 3 aromatic heterocycles. The Hall–Kier alpha value is -3.67. The number of hydrogen-bond donors (Lipinski definition) is 1. The summed E-state index contributed by atoms with van der Waals surface area (Å²) < 4.78 is 36.4. The zero-order valence-electron chi connectivity index (χ0n) is 24.7. The lowest BCUT2D eigenvalue weighted by Crippen LogP contribution is -2.45. The van der Waals surface area contributed by atoms with Gasteiger partial charge in [0.15, 0.2) is 10.8 Å². The van der Waals surface area contributed by atoms with Crippen molar-refractivity contribution in [3.8, 4) is 11.7 Å². The summed E-state index contributed by atoms with van der Waals surface area (Å²) >= 11 is 0. The first-order valence-corrected chi connectivity index (χ1v) is 16.2. The molecule has 1 amide bonds. The van der Waals surface area contributed by atoms with Crippen LogP contribution in [0.3, 0.4) is 0 Å². The molecule has 2 aliphatic heterocycles. The highest BCUT2D eigenvalue weighted by atomic mass is 32.2. The SMILES string of the molecule is CN1CCC[C@@H]2CCC(C)(C)N2c2nc(-n3ccc(OCCC4(C)CC4)n3)ccc2C(=O)NS(=O)(=O)c2cccc1n2. The van der Waals surface area contributed by atoms with Crippen LogP contribution in [0.2, 0.25) is 0 Å². The van der Waals surface area contributed by atoms with Crippen molar-refractivity contribution in [2.24, 2.45) is 5.41 Å². The average Bonchev–Trinajstić information content (AvgIpc) is 3.35. The summed E-state index contributed by atoms with van der Waals surface area (Å²) in [7, 11) is -2.33. The number of amides is 1. The largest absolute Gasteiger partial charge is 0.477 e. The van der Waals surface area contributed by atoms with Gasteiger partial charge in [0.1, 0.15) is 11.6 Å². The number of nitrogens with one attached hydrogen (secondary N) is 1. The Balaban J connectivity index is 1.37. The van der Waals surface area contributed by atoms with Crippen molar-refractivity contribution >= 4 is 27.6 Å². The van der Waals surface area contributed by atoms with Gasteiger partial charge in [-0.3, -0.25) is 4.79 Å². The van der Waals surface area contributed by atoms with E-state index < -0.39 is 15.9 Å². The lowest BCUT2D eigenvalue weighted by atomic mass is 10.0. The molecule has 1 N–H and O–H groups in total. The Morgan fingerprint density at radius 2 is 1.83 bits per heavy atom. The fourth-order valence-corrected chi connectivity index (χ4v) is 6.90. The van der Waals surface area contributed by atoms with E-state index in [9.17, 15) is 13.2 Å². The van der Waals surface area contributed by atoms with Crippen molar-refractivity contribution in [3.05, 3.63) is 48.2 Å². The second-order valence-corrected chi connectivity index (χ2v) is 14.4. The fourth-order valence-electron chi connectivity index (χ4n) is 5.97. The minimum Gasteiger partial charge on any atom is -0.477 e. The first-order valence-electron chi connectivity index (χ1n) is 14.7. The van der Waals surface area contributed by atoms with Crippen LogP contribution in [0.5, 0.6) is 5.88 Å². The fraction of sp³-hybridized carbons (Fsp3) is 0.533. The summed E-state index contributed by atoms with van der Waals surface area (Å²) in [4.78, 5) is 27.1. The van der Waals surface area contributed by atoms with Crippen molar-refractivity contribution in [2.75, 3.05) is 30.0 Å². The molecule has 1 atom stereocenters. The summed E-state index contributed by atoms with van der Waals surface area (Å²) in [5, 5.41) is 4.38. The zero-order valence-corrected chi connectivity index (χ0v) is 25.5. The van der Waals surface area contributed by atoms with E-state index in [-0.39, 0.29) is 22.2 Å². The van der Waals surface area contributed by atoms with Crippen molar-refractivity contribution in [3.63, 3.8) is 0 Å². The third kappa shape index (κ3) is 5.68. The number of anilines is 2. The highest BCUT2D eigenvalue weighted by molar-refractivity contribution is 7.90. The van der Waals surface area contributed by atoms with Crippen LogP contribution in [0.25, 0.3) is 5.82 Å². The molecule has 0 radical (unpaired) electrons. The zero-order chi connectivity index (χ0) is 29.7. The van der Waals surface area contributed by atoms with Crippen LogP contribution in [0.15, 0.2) is 47.6 Å². The second-order valence-electron chi connectivity index (χ2n) is 12.8. The van der Waals surface area contributed by atoms with Crippen LogP contribution < -0.4 is 19.3 Å². The highest BCUT2D eigenvalue weighted by Gasteiger charge is 2.42. The van der Waals surface area contributed by atoms with Gasteiger partial charge in [0.05, 0.1) is 12.2 Å². The number of carbonyl (C=O) groups is 1. The maximum atomic E-state index is 13.7. The van der Waals surface area contributed by atoms with Crippen LogP contribution in [0.4, 0.5) is 11.6 Å². The Morgan fingerprint density at radius 3 is 2.62 bits per heavy atom. The van der Waals surface area contributed by atoms with E-state index in [1.807, 2.05) is 18.0 Å². The molecule has 0 spiro atoms. The summed E-state index contributed by atoms with van der Waals surface area (Å²) in [6.45, 7) is 7.88. The number of ether oxygens (including phenoxy) is 1. The molecule has 42 heavy (non-hydrogen) atoms. The highest BCUT2D eigenvalue weighted by Crippen LogP contribution is 2.48.